The first kappa shape index (κ1) is 17.0. The minimum atomic E-state index is -0.422. The third kappa shape index (κ3) is 4.60. The molecule has 1 aromatic heterocycles. The molecule has 0 saturated heterocycles. The van der Waals surface area contributed by atoms with Crippen LogP contribution < -0.4 is 11.1 Å². The van der Waals surface area contributed by atoms with Crippen LogP contribution >= 0.6 is 11.5 Å². The molecule has 1 heterocycles. The van der Waals surface area contributed by atoms with Crippen LogP contribution in [0, 0.1) is 11.7 Å². The molecule has 0 spiro atoms. The molecule has 3 rings (SSSR count). The Kier molecular flexibility index (Phi) is 5.35. The van der Waals surface area contributed by atoms with Gasteiger partial charge in [-0.2, -0.15) is 9.36 Å². The van der Waals surface area contributed by atoms with Crippen molar-refractivity contribution in [3.8, 4) is 11.4 Å². The maximum Gasteiger partial charge on any atom is 0.222 e. The molecule has 3 N–H and O–H groups in total. The predicted molar refractivity (Wildman–Crippen MR) is 96.6 cm³/mol. The van der Waals surface area contributed by atoms with Gasteiger partial charge in [-0.1, -0.05) is 42.5 Å². The van der Waals surface area contributed by atoms with Crippen molar-refractivity contribution in [3.05, 3.63) is 66.0 Å². The quantitative estimate of drug-likeness (QED) is 0.682. The summed E-state index contributed by atoms with van der Waals surface area (Å²) in [6.45, 7) is 0.343. The van der Waals surface area contributed by atoms with Gasteiger partial charge in [0.2, 0.25) is 11.0 Å². The van der Waals surface area contributed by atoms with E-state index in [9.17, 15) is 9.18 Å². The van der Waals surface area contributed by atoms with Gasteiger partial charge in [0, 0.05) is 23.6 Å². The maximum atomic E-state index is 13.0. The van der Waals surface area contributed by atoms with E-state index in [2.05, 4.69) is 14.7 Å². The van der Waals surface area contributed by atoms with Gasteiger partial charge in [0.05, 0.1) is 5.92 Å². The molecule has 7 heteroatoms. The van der Waals surface area contributed by atoms with Crippen LogP contribution in [0.1, 0.15) is 5.56 Å². The Morgan fingerprint density at radius 3 is 2.56 bits per heavy atom. The fourth-order valence-corrected chi connectivity index (χ4v) is 2.98. The number of hydrogen-bond acceptors (Lipinski definition) is 5. The van der Waals surface area contributed by atoms with Crippen LogP contribution in [0.5, 0.6) is 0 Å². The number of carbonyl (C=O) groups excluding carboxylic acids is 1. The number of benzene rings is 2. The second-order valence-electron chi connectivity index (χ2n) is 5.60. The van der Waals surface area contributed by atoms with Crippen LogP contribution in [0.4, 0.5) is 9.52 Å². The molecule has 5 nitrogen and oxygen atoms in total. The lowest BCUT2D eigenvalue weighted by molar-refractivity contribution is -0.121. The molecule has 1 unspecified atom stereocenters. The van der Waals surface area contributed by atoms with Crippen molar-refractivity contribution in [2.45, 2.75) is 6.42 Å². The van der Waals surface area contributed by atoms with Gasteiger partial charge in [-0.25, -0.2) is 4.39 Å². The summed E-state index contributed by atoms with van der Waals surface area (Å²) in [5.41, 5.74) is 7.28. The third-order valence-corrected chi connectivity index (χ3v) is 4.43. The second-order valence-corrected chi connectivity index (χ2v) is 6.35. The minimum absolute atomic E-state index is 0.306. The molecule has 0 saturated carbocycles. The highest BCUT2D eigenvalue weighted by molar-refractivity contribution is 7.09. The lowest BCUT2D eigenvalue weighted by Crippen LogP contribution is -2.31. The Labute approximate surface area is 148 Å². The molecule has 0 aliphatic carbocycles. The number of nitrogens with two attached hydrogens (primary N) is 1. The highest BCUT2D eigenvalue weighted by Gasteiger charge is 2.17. The van der Waals surface area contributed by atoms with Gasteiger partial charge in [-0.3, -0.25) is 4.79 Å². The van der Waals surface area contributed by atoms with Crippen molar-refractivity contribution in [3.63, 3.8) is 0 Å². The van der Waals surface area contributed by atoms with Gasteiger partial charge < -0.3 is 11.1 Å². The Balaban J connectivity index is 1.63. The van der Waals surface area contributed by atoms with Crippen molar-refractivity contribution in [1.29, 1.82) is 0 Å². The summed E-state index contributed by atoms with van der Waals surface area (Å²) < 4.78 is 17.3. The van der Waals surface area contributed by atoms with E-state index in [4.69, 9.17) is 5.73 Å². The lowest BCUT2D eigenvalue weighted by atomic mass is 9.99. The molecule has 1 amide bonds. The zero-order valence-electron chi connectivity index (χ0n) is 13.4. The topological polar surface area (TPSA) is 80.9 Å². The second kappa shape index (κ2) is 7.85. The van der Waals surface area contributed by atoms with Gasteiger partial charge in [-0.15, -0.1) is 0 Å². The Morgan fingerprint density at radius 2 is 1.88 bits per heavy atom. The van der Waals surface area contributed by atoms with E-state index in [1.165, 1.54) is 23.7 Å². The number of nitrogens with zero attached hydrogens (tertiary/aromatic N) is 2. The summed E-state index contributed by atoms with van der Waals surface area (Å²) in [5.74, 6) is -0.499. The van der Waals surface area contributed by atoms with E-state index in [0.29, 0.717) is 23.9 Å². The van der Waals surface area contributed by atoms with Crippen LogP contribution in [0.3, 0.4) is 0 Å². The van der Waals surface area contributed by atoms with E-state index in [1.54, 1.807) is 12.1 Å². The summed E-state index contributed by atoms with van der Waals surface area (Å²) in [4.78, 5) is 16.1. The van der Waals surface area contributed by atoms with Gasteiger partial charge in [0.1, 0.15) is 5.82 Å². The van der Waals surface area contributed by atoms with Crippen molar-refractivity contribution in [2.24, 2.45) is 11.7 Å². The molecule has 1 atom stereocenters. The smallest absolute Gasteiger partial charge is 0.222 e. The Morgan fingerprint density at radius 1 is 1.16 bits per heavy atom. The molecular weight excluding hydrogens is 339 g/mol. The zero-order valence-corrected chi connectivity index (χ0v) is 14.2. The van der Waals surface area contributed by atoms with Crippen molar-refractivity contribution >= 4 is 22.6 Å². The van der Waals surface area contributed by atoms with Crippen LogP contribution in [-0.2, 0) is 11.2 Å². The number of aromatic nitrogens is 2. The van der Waals surface area contributed by atoms with E-state index < -0.39 is 11.8 Å². The number of hydrogen-bond donors (Lipinski definition) is 2. The van der Waals surface area contributed by atoms with Crippen LogP contribution in [0.2, 0.25) is 0 Å². The number of primary amides is 1. The van der Waals surface area contributed by atoms with E-state index in [-0.39, 0.29) is 5.82 Å². The average molecular weight is 356 g/mol. The van der Waals surface area contributed by atoms with Crippen molar-refractivity contribution < 1.29 is 9.18 Å². The highest BCUT2D eigenvalue weighted by atomic mass is 32.1. The van der Waals surface area contributed by atoms with Gasteiger partial charge in [0.15, 0.2) is 5.82 Å². The van der Waals surface area contributed by atoms with Crippen LogP contribution in [0.25, 0.3) is 11.4 Å². The number of nitrogens with one attached hydrogen (secondary N) is 1. The van der Waals surface area contributed by atoms with Gasteiger partial charge in [-0.05, 0) is 24.1 Å². The first-order chi connectivity index (χ1) is 12.1. The molecule has 25 heavy (non-hydrogen) atoms. The zero-order chi connectivity index (χ0) is 17.6. The SMILES string of the molecule is NC(=O)C(CNc1nc(-c2ccccc2)ns1)Cc1ccc(F)cc1. The van der Waals surface area contributed by atoms with E-state index in [0.717, 1.165) is 11.1 Å². The molecule has 2 aromatic carbocycles. The largest absolute Gasteiger partial charge is 0.369 e. The molecule has 128 valence electrons. The molecule has 0 fully saturated rings. The third-order valence-electron chi connectivity index (χ3n) is 3.76. The van der Waals surface area contributed by atoms with Crippen LogP contribution in [0.15, 0.2) is 54.6 Å². The van der Waals surface area contributed by atoms with Crippen molar-refractivity contribution in [2.75, 3.05) is 11.9 Å². The average Bonchev–Trinajstić information content (AvgIpc) is 3.10. The monoisotopic (exact) mass is 356 g/mol. The molecule has 0 aliphatic rings. The summed E-state index contributed by atoms with van der Waals surface area (Å²) in [6, 6.07) is 15.7. The summed E-state index contributed by atoms with van der Waals surface area (Å²) in [5, 5.41) is 3.75. The Bertz CT molecular complexity index is 836. The summed E-state index contributed by atoms with van der Waals surface area (Å²) in [6.07, 6.45) is 0.437. The highest BCUT2D eigenvalue weighted by Crippen LogP contribution is 2.21. The van der Waals surface area contributed by atoms with E-state index in [1.807, 2.05) is 30.3 Å². The fraction of sp³-hybridized carbons (Fsp3) is 0.167. The number of amides is 1. The molecule has 0 aliphatic heterocycles. The first-order valence-corrected chi connectivity index (χ1v) is 8.56. The van der Waals surface area contributed by atoms with Gasteiger partial charge >= 0.3 is 0 Å². The standard InChI is InChI=1S/C18H17FN4OS/c19-15-8-6-12(7-9-15)10-14(16(20)24)11-21-18-22-17(23-25-18)13-4-2-1-3-5-13/h1-9,14H,10-11H2,(H2,20,24)(H,21,22,23). The Hall–Kier alpha value is -2.80. The molecule has 3 aromatic rings. The summed E-state index contributed by atoms with van der Waals surface area (Å²) >= 11 is 1.23. The normalized spacial score (nSPS) is 11.9. The molecule has 0 bridgehead atoms. The number of carbonyl (C=O) groups is 1. The minimum Gasteiger partial charge on any atom is -0.369 e. The first-order valence-electron chi connectivity index (χ1n) is 7.78. The molecule has 0 radical (unpaired) electrons. The van der Waals surface area contributed by atoms with Crippen LogP contribution in [-0.4, -0.2) is 21.8 Å². The van der Waals surface area contributed by atoms with Gasteiger partial charge in [0.25, 0.3) is 0 Å². The van der Waals surface area contributed by atoms with E-state index >= 15 is 0 Å². The maximum absolute atomic E-state index is 13.0. The predicted octanol–water partition coefficient (Wildman–Crippen LogP) is 3.10. The number of halogens is 1. The molecular formula is C18H17FN4OS. The fourth-order valence-electron chi connectivity index (χ4n) is 2.39. The number of rotatable bonds is 7. The van der Waals surface area contributed by atoms with Crippen molar-refractivity contribution in [1.82, 2.24) is 9.36 Å². The number of anilines is 1. The summed E-state index contributed by atoms with van der Waals surface area (Å²) in [7, 11) is 0. The lowest BCUT2D eigenvalue weighted by Gasteiger charge is -2.13.